The summed E-state index contributed by atoms with van der Waals surface area (Å²) in [5.74, 6) is 0.241. The van der Waals surface area contributed by atoms with Crippen LogP contribution in [0.1, 0.15) is 0 Å². The zero-order valence-electron chi connectivity index (χ0n) is 8.01. The molecule has 0 bridgehead atoms. The molecule has 0 spiro atoms. The highest BCUT2D eigenvalue weighted by Crippen LogP contribution is 2.38. The number of carbonyl (C=O) groups excluding carboxylic acids is 1. The second kappa shape index (κ2) is 5.10. The van der Waals surface area contributed by atoms with E-state index in [1.54, 1.807) is 18.2 Å². The van der Waals surface area contributed by atoms with E-state index in [9.17, 15) is 4.79 Å². The summed E-state index contributed by atoms with van der Waals surface area (Å²) in [6.45, 7) is 0. The van der Waals surface area contributed by atoms with Gasteiger partial charge in [-0.15, -0.1) is 0 Å². The Kier molecular flexibility index (Phi) is 3.92. The highest BCUT2D eigenvalue weighted by Gasteiger charge is 2.15. The molecule has 3 nitrogen and oxygen atoms in total. The average molecular weight is 400 g/mol. The highest BCUT2D eigenvalue weighted by molar-refractivity contribution is 9.11. The molecule has 0 amide bonds. The molecule has 0 saturated heterocycles. The Hall–Kier alpha value is -0.360. The van der Waals surface area contributed by atoms with Crippen molar-refractivity contribution < 1.29 is 9.53 Å². The van der Waals surface area contributed by atoms with Crippen LogP contribution in [-0.2, 0) is 0 Å². The minimum atomic E-state index is -0.934. The van der Waals surface area contributed by atoms with Crippen LogP contribution in [0.25, 0.3) is 10.9 Å². The maximum atomic E-state index is 10.8. The molecule has 0 fully saturated rings. The van der Waals surface area contributed by atoms with E-state index in [4.69, 9.17) is 27.9 Å². The number of pyridine rings is 1. The SMILES string of the molecule is O=C(Cl)Oc1c(Br)cc(Br)c2ccc(Cl)nc12. The predicted molar refractivity (Wildman–Crippen MR) is 74.0 cm³/mol. The highest BCUT2D eigenvalue weighted by atomic mass is 79.9. The Labute approximate surface area is 123 Å². The second-order valence-electron chi connectivity index (χ2n) is 3.04. The molecule has 0 aliphatic carbocycles. The van der Waals surface area contributed by atoms with E-state index < -0.39 is 5.43 Å². The van der Waals surface area contributed by atoms with Crippen molar-refractivity contribution in [2.75, 3.05) is 0 Å². The molecule has 2 rings (SSSR count). The lowest BCUT2D eigenvalue weighted by molar-refractivity contribution is 0.226. The van der Waals surface area contributed by atoms with E-state index >= 15 is 0 Å². The van der Waals surface area contributed by atoms with E-state index in [1.807, 2.05) is 0 Å². The number of nitrogens with zero attached hydrogens (tertiary/aromatic N) is 1. The van der Waals surface area contributed by atoms with Crippen molar-refractivity contribution in [2.45, 2.75) is 0 Å². The maximum Gasteiger partial charge on any atom is 0.409 e. The lowest BCUT2D eigenvalue weighted by atomic mass is 10.2. The Balaban J connectivity index is 2.80. The Morgan fingerprint density at radius 3 is 2.65 bits per heavy atom. The van der Waals surface area contributed by atoms with Gasteiger partial charge in [0, 0.05) is 21.5 Å². The minimum absolute atomic E-state index is 0.241. The Morgan fingerprint density at radius 1 is 1.29 bits per heavy atom. The van der Waals surface area contributed by atoms with Gasteiger partial charge in [-0.2, -0.15) is 0 Å². The predicted octanol–water partition coefficient (Wildman–Crippen LogP) is 5.15. The van der Waals surface area contributed by atoms with Crippen molar-refractivity contribution in [3.63, 3.8) is 0 Å². The molecular formula is C10H3Br2Cl2NO2. The molecule has 0 atom stereocenters. The number of aromatic nitrogens is 1. The van der Waals surface area contributed by atoms with Gasteiger partial charge in [-0.25, -0.2) is 9.78 Å². The van der Waals surface area contributed by atoms with Crippen molar-refractivity contribution in [3.8, 4) is 5.75 Å². The Bertz CT molecular complexity index is 619. The quantitative estimate of drug-likeness (QED) is 0.491. The first-order valence-corrected chi connectivity index (χ1v) is 6.65. The van der Waals surface area contributed by atoms with Crippen LogP contribution in [0, 0.1) is 0 Å². The first-order chi connectivity index (χ1) is 7.99. The molecule has 1 aromatic carbocycles. The van der Waals surface area contributed by atoms with Crippen molar-refractivity contribution in [1.29, 1.82) is 0 Å². The molecule has 88 valence electrons. The van der Waals surface area contributed by atoms with Crippen molar-refractivity contribution >= 4 is 71.4 Å². The maximum absolute atomic E-state index is 10.8. The molecule has 1 heterocycles. The fraction of sp³-hybridized carbons (Fsp3) is 0. The first-order valence-electron chi connectivity index (χ1n) is 4.30. The number of carbonyl (C=O) groups is 1. The summed E-state index contributed by atoms with van der Waals surface area (Å²) in [6.07, 6.45) is 0. The van der Waals surface area contributed by atoms with Crippen LogP contribution in [-0.4, -0.2) is 10.4 Å². The summed E-state index contributed by atoms with van der Waals surface area (Å²) in [4.78, 5) is 14.9. The van der Waals surface area contributed by atoms with Crippen molar-refractivity contribution in [3.05, 3.63) is 32.3 Å². The fourth-order valence-electron chi connectivity index (χ4n) is 1.35. The van der Waals surface area contributed by atoms with Crippen LogP contribution in [0.4, 0.5) is 4.79 Å². The smallest absolute Gasteiger partial charge is 0.409 e. The van der Waals surface area contributed by atoms with Gasteiger partial charge in [0.25, 0.3) is 0 Å². The van der Waals surface area contributed by atoms with Crippen LogP contribution < -0.4 is 4.74 Å². The van der Waals surface area contributed by atoms with Gasteiger partial charge in [0.2, 0.25) is 0 Å². The van der Waals surface area contributed by atoms with E-state index in [0.717, 1.165) is 9.86 Å². The van der Waals surface area contributed by atoms with Gasteiger partial charge in [0.05, 0.1) is 4.47 Å². The van der Waals surface area contributed by atoms with Crippen molar-refractivity contribution in [2.24, 2.45) is 0 Å². The van der Waals surface area contributed by atoms with Gasteiger partial charge >= 0.3 is 5.43 Å². The van der Waals surface area contributed by atoms with Crippen LogP contribution >= 0.6 is 55.1 Å². The first kappa shape index (κ1) is 13.1. The topological polar surface area (TPSA) is 39.2 Å². The molecule has 1 aromatic heterocycles. The van der Waals surface area contributed by atoms with E-state index in [0.29, 0.717) is 15.1 Å². The number of halogens is 4. The lowest BCUT2D eigenvalue weighted by Gasteiger charge is -2.08. The van der Waals surface area contributed by atoms with Crippen LogP contribution in [0.5, 0.6) is 5.75 Å². The number of fused-ring (bicyclic) bond motifs is 1. The van der Waals surface area contributed by atoms with Crippen LogP contribution in [0.2, 0.25) is 5.15 Å². The molecule has 17 heavy (non-hydrogen) atoms. The zero-order chi connectivity index (χ0) is 12.6. The number of benzene rings is 1. The molecule has 0 aliphatic rings. The standard InChI is InChI=1S/C10H3Br2Cl2NO2/c11-5-3-6(12)9(17-10(14)16)8-4(5)1-2-7(13)15-8/h1-3H. The summed E-state index contributed by atoms with van der Waals surface area (Å²) in [5.41, 5.74) is -0.483. The summed E-state index contributed by atoms with van der Waals surface area (Å²) in [7, 11) is 0. The van der Waals surface area contributed by atoms with Gasteiger partial charge in [0.15, 0.2) is 5.75 Å². The third-order valence-electron chi connectivity index (χ3n) is 1.99. The van der Waals surface area contributed by atoms with E-state index in [-0.39, 0.29) is 5.75 Å². The number of hydrogen-bond donors (Lipinski definition) is 0. The molecule has 2 aromatic rings. The lowest BCUT2D eigenvalue weighted by Crippen LogP contribution is -1.99. The number of ether oxygens (including phenoxy) is 1. The van der Waals surface area contributed by atoms with Gasteiger partial charge in [-0.3, -0.25) is 0 Å². The minimum Gasteiger partial charge on any atom is -0.411 e. The monoisotopic (exact) mass is 397 g/mol. The summed E-state index contributed by atoms with van der Waals surface area (Å²) >= 11 is 17.7. The summed E-state index contributed by atoms with van der Waals surface area (Å²) < 4.78 is 6.27. The average Bonchev–Trinajstić information content (AvgIpc) is 2.23. The van der Waals surface area contributed by atoms with E-state index in [2.05, 4.69) is 36.8 Å². The molecule has 0 N–H and O–H groups in total. The second-order valence-corrected chi connectivity index (χ2v) is 5.44. The molecule has 0 aliphatic heterocycles. The zero-order valence-corrected chi connectivity index (χ0v) is 12.7. The van der Waals surface area contributed by atoms with Crippen LogP contribution in [0.15, 0.2) is 27.1 Å². The third-order valence-corrected chi connectivity index (χ3v) is 3.52. The summed E-state index contributed by atoms with van der Waals surface area (Å²) in [6, 6.07) is 5.16. The van der Waals surface area contributed by atoms with Gasteiger partial charge in [-0.1, -0.05) is 27.5 Å². The largest absolute Gasteiger partial charge is 0.411 e. The third kappa shape index (κ3) is 2.73. The van der Waals surface area contributed by atoms with Gasteiger partial charge in [0.1, 0.15) is 10.7 Å². The fourth-order valence-corrected chi connectivity index (χ4v) is 2.92. The summed E-state index contributed by atoms with van der Waals surface area (Å²) in [5, 5.41) is 1.07. The molecular weight excluding hydrogens is 397 g/mol. The van der Waals surface area contributed by atoms with Crippen molar-refractivity contribution in [1.82, 2.24) is 4.98 Å². The number of rotatable bonds is 1. The normalized spacial score (nSPS) is 10.6. The van der Waals surface area contributed by atoms with Gasteiger partial charge < -0.3 is 4.74 Å². The van der Waals surface area contributed by atoms with Crippen LogP contribution in [0.3, 0.4) is 0 Å². The molecule has 0 radical (unpaired) electrons. The molecule has 7 heteroatoms. The Morgan fingerprint density at radius 2 is 2.00 bits per heavy atom. The van der Waals surface area contributed by atoms with Gasteiger partial charge in [-0.05, 0) is 34.1 Å². The molecule has 0 unspecified atom stereocenters. The number of hydrogen-bond acceptors (Lipinski definition) is 3. The molecule has 0 saturated carbocycles. The van der Waals surface area contributed by atoms with E-state index in [1.165, 1.54) is 0 Å².